The van der Waals surface area contributed by atoms with Crippen LogP contribution in [-0.4, -0.2) is 40.5 Å². The zero-order chi connectivity index (χ0) is 15.8. The smallest absolute Gasteiger partial charge is 0.342 e. The van der Waals surface area contributed by atoms with Gasteiger partial charge < -0.3 is 15.3 Å². The number of carboxylic acids is 1. The van der Waals surface area contributed by atoms with Gasteiger partial charge in [-0.2, -0.15) is 0 Å². The zero-order valence-electron chi connectivity index (χ0n) is 11.6. The summed E-state index contributed by atoms with van der Waals surface area (Å²) in [5.41, 5.74) is -1.24. The monoisotopic (exact) mass is 293 g/mol. The standard InChI is InChI=1S/C13H15N3O5/c1-13(2)12(19)14-5-6-15(13)8-3-4-10(16(20)21)9(7-8)11(17)18/h3-4,7H,5-6H2,1-2H3,(H,14,19)(H,17,18). The van der Waals surface area contributed by atoms with Gasteiger partial charge in [-0.1, -0.05) is 0 Å². The van der Waals surface area contributed by atoms with Crippen molar-refractivity contribution in [2.24, 2.45) is 0 Å². The van der Waals surface area contributed by atoms with E-state index in [1.165, 1.54) is 12.1 Å². The van der Waals surface area contributed by atoms with Crippen molar-refractivity contribution in [1.82, 2.24) is 5.32 Å². The second kappa shape index (κ2) is 5.04. The summed E-state index contributed by atoms with van der Waals surface area (Å²) in [6.45, 7) is 4.35. The van der Waals surface area contributed by atoms with E-state index in [-0.39, 0.29) is 11.5 Å². The highest BCUT2D eigenvalue weighted by atomic mass is 16.6. The molecule has 1 saturated heterocycles. The Morgan fingerprint density at radius 3 is 2.71 bits per heavy atom. The molecule has 8 heteroatoms. The van der Waals surface area contributed by atoms with Crippen LogP contribution in [0.1, 0.15) is 24.2 Å². The lowest BCUT2D eigenvalue weighted by Crippen LogP contribution is -2.62. The first kappa shape index (κ1) is 14.8. The van der Waals surface area contributed by atoms with Crippen molar-refractivity contribution < 1.29 is 19.6 Å². The summed E-state index contributed by atoms with van der Waals surface area (Å²) in [5.74, 6) is -1.55. The number of nitrogens with one attached hydrogen (secondary N) is 1. The normalized spacial score (nSPS) is 17.2. The molecule has 2 rings (SSSR count). The average molecular weight is 293 g/mol. The fraction of sp³-hybridized carbons (Fsp3) is 0.385. The van der Waals surface area contributed by atoms with Gasteiger partial charge in [0.2, 0.25) is 5.91 Å². The lowest BCUT2D eigenvalue weighted by Gasteiger charge is -2.42. The van der Waals surface area contributed by atoms with E-state index in [9.17, 15) is 19.7 Å². The number of aromatic carboxylic acids is 1. The fourth-order valence-electron chi connectivity index (χ4n) is 2.37. The molecule has 0 aliphatic carbocycles. The molecule has 0 unspecified atom stereocenters. The SMILES string of the molecule is CC1(C)C(=O)NCCN1c1ccc([N+](=O)[O-])c(C(=O)O)c1. The Labute approximate surface area is 120 Å². The molecule has 1 amide bonds. The van der Waals surface area contributed by atoms with Crippen molar-refractivity contribution in [3.63, 3.8) is 0 Å². The van der Waals surface area contributed by atoms with Gasteiger partial charge in [-0.3, -0.25) is 14.9 Å². The number of anilines is 1. The third-order valence-corrected chi connectivity index (χ3v) is 3.57. The maximum Gasteiger partial charge on any atom is 0.342 e. The van der Waals surface area contributed by atoms with E-state index in [4.69, 9.17) is 5.11 Å². The van der Waals surface area contributed by atoms with Crippen LogP contribution in [0.3, 0.4) is 0 Å². The highest BCUT2D eigenvalue weighted by Crippen LogP contribution is 2.30. The molecule has 1 heterocycles. The van der Waals surface area contributed by atoms with Crippen LogP contribution in [0.2, 0.25) is 0 Å². The van der Waals surface area contributed by atoms with Crippen LogP contribution in [-0.2, 0) is 4.79 Å². The molecule has 1 aromatic carbocycles. The molecule has 112 valence electrons. The van der Waals surface area contributed by atoms with Crippen LogP contribution in [0.4, 0.5) is 11.4 Å². The Balaban J connectivity index is 2.50. The molecule has 21 heavy (non-hydrogen) atoms. The van der Waals surface area contributed by atoms with Crippen LogP contribution >= 0.6 is 0 Å². The molecule has 0 spiro atoms. The number of rotatable bonds is 3. The van der Waals surface area contributed by atoms with E-state index in [2.05, 4.69) is 5.32 Å². The van der Waals surface area contributed by atoms with Gasteiger partial charge >= 0.3 is 5.97 Å². The zero-order valence-corrected chi connectivity index (χ0v) is 11.6. The van der Waals surface area contributed by atoms with Crippen molar-refractivity contribution in [2.75, 3.05) is 18.0 Å². The predicted octanol–water partition coefficient (Wildman–Crippen LogP) is 1.01. The molecule has 0 bridgehead atoms. The number of nitrogens with zero attached hydrogens (tertiary/aromatic N) is 2. The summed E-state index contributed by atoms with van der Waals surface area (Å²) in [7, 11) is 0. The number of piperazine rings is 1. The first-order chi connectivity index (χ1) is 9.75. The van der Waals surface area contributed by atoms with Gasteiger partial charge in [-0.15, -0.1) is 0 Å². The largest absolute Gasteiger partial charge is 0.477 e. The minimum Gasteiger partial charge on any atom is -0.477 e. The third-order valence-electron chi connectivity index (χ3n) is 3.57. The number of carboxylic acid groups (broad SMARTS) is 1. The van der Waals surface area contributed by atoms with Gasteiger partial charge in [0, 0.05) is 24.8 Å². The van der Waals surface area contributed by atoms with Crippen molar-refractivity contribution in [3.05, 3.63) is 33.9 Å². The van der Waals surface area contributed by atoms with Crippen LogP contribution in [0.25, 0.3) is 0 Å². The fourth-order valence-corrected chi connectivity index (χ4v) is 2.37. The lowest BCUT2D eigenvalue weighted by molar-refractivity contribution is -0.385. The molecule has 1 aliphatic heterocycles. The topological polar surface area (TPSA) is 113 Å². The van der Waals surface area contributed by atoms with Gasteiger partial charge in [0.1, 0.15) is 11.1 Å². The molecular weight excluding hydrogens is 278 g/mol. The number of carbonyl (C=O) groups is 2. The number of benzene rings is 1. The highest BCUT2D eigenvalue weighted by molar-refractivity contribution is 5.95. The van der Waals surface area contributed by atoms with Crippen LogP contribution < -0.4 is 10.2 Å². The van der Waals surface area contributed by atoms with Crippen LogP contribution in [0, 0.1) is 10.1 Å². The van der Waals surface area contributed by atoms with E-state index in [0.29, 0.717) is 18.8 Å². The number of carbonyl (C=O) groups excluding carboxylic acids is 1. The number of nitro groups is 1. The van der Waals surface area contributed by atoms with Crippen molar-refractivity contribution >= 4 is 23.3 Å². The van der Waals surface area contributed by atoms with E-state index in [0.717, 1.165) is 6.07 Å². The van der Waals surface area contributed by atoms with Gasteiger partial charge in [0.25, 0.3) is 5.69 Å². The molecule has 1 aromatic rings. The lowest BCUT2D eigenvalue weighted by atomic mass is 9.97. The Bertz CT molecular complexity index is 626. The van der Waals surface area contributed by atoms with Crippen LogP contribution in [0.15, 0.2) is 18.2 Å². The van der Waals surface area contributed by atoms with Crippen molar-refractivity contribution in [1.29, 1.82) is 0 Å². The molecule has 2 N–H and O–H groups in total. The molecular formula is C13H15N3O5. The maximum absolute atomic E-state index is 11.9. The van der Waals surface area contributed by atoms with E-state index in [1.807, 2.05) is 0 Å². The Hall–Kier alpha value is -2.64. The third kappa shape index (κ3) is 2.51. The van der Waals surface area contributed by atoms with E-state index in [1.54, 1.807) is 18.7 Å². The van der Waals surface area contributed by atoms with Crippen molar-refractivity contribution in [2.45, 2.75) is 19.4 Å². The van der Waals surface area contributed by atoms with Crippen LogP contribution in [0.5, 0.6) is 0 Å². The molecule has 1 aliphatic rings. The number of hydrogen-bond acceptors (Lipinski definition) is 5. The minimum atomic E-state index is -1.37. The summed E-state index contributed by atoms with van der Waals surface area (Å²) in [5, 5.41) is 22.7. The summed E-state index contributed by atoms with van der Waals surface area (Å²) in [6.07, 6.45) is 0. The van der Waals surface area contributed by atoms with Crippen molar-refractivity contribution in [3.8, 4) is 0 Å². The number of amides is 1. The highest BCUT2D eigenvalue weighted by Gasteiger charge is 2.38. The van der Waals surface area contributed by atoms with E-state index >= 15 is 0 Å². The van der Waals surface area contributed by atoms with E-state index < -0.39 is 22.1 Å². The molecule has 0 saturated carbocycles. The summed E-state index contributed by atoms with van der Waals surface area (Å²) >= 11 is 0. The summed E-state index contributed by atoms with van der Waals surface area (Å²) < 4.78 is 0. The Morgan fingerprint density at radius 1 is 1.48 bits per heavy atom. The molecule has 0 radical (unpaired) electrons. The van der Waals surface area contributed by atoms with Gasteiger partial charge in [-0.25, -0.2) is 4.79 Å². The van der Waals surface area contributed by atoms with Gasteiger partial charge in [0.05, 0.1) is 4.92 Å². The van der Waals surface area contributed by atoms with Gasteiger partial charge in [0.15, 0.2) is 0 Å². The first-order valence-electron chi connectivity index (χ1n) is 6.33. The number of hydrogen-bond donors (Lipinski definition) is 2. The average Bonchev–Trinajstić information content (AvgIpc) is 2.41. The Kier molecular flexibility index (Phi) is 3.54. The molecule has 8 nitrogen and oxygen atoms in total. The summed E-state index contributed by atoms with van der Waals surface area (Å²) in [4.78, 5) is 35.0. The second-order valence-electron chi connectivity index (χ2n) is 5.23. The quantitative estimate of drug-likeness (QED) is 0.635. The minimum absolute atomic E-state index is 0.177. The first-order valence-corrected chi connectivity index (χ1v) is 6.33. The summed E-state index contributed by atoms with van der Waals surface area (Å²) in [6, 6.07) is 3.85. The second-order valence-corrected chi connectivity index (χ2v) is 5.23. The maximum atomic E-state index is 11.9. The predicted molar refractivity (Wildman–Crippen MR) is 74.5 cm³/mol. The molecule has 0 atom stereocenters. The van der Waals surface area contributed by atoms with Gasteiger partial charge in [-0.05, 0) is 26.0 Å². The molecule has 1 fully saturated rings. The Morgan fingerprint density at radius 2 is 2.14 bits per heavy atom. The molecule has 0 aromatic heterocycles. The number of nitro benzene ring substituents is 1.